The van der Waals surface area contributed by atoms with Gasteiger partial charge in [-0.05, 0) is 49.8 Å². The molecule has 0 spiro atoms. The summed E-state index contributed by atoms with van der Waals surface area (Å²) in [5, 5.41) is 0. The number of aliphatic imine (C=N–C) groups is 1. The number of nitrogens with zero attached hydrogens (tertiary/aromatic N) is 1. The molecule has 5 heteroatoms. The van der Waals surface area contributed by atoms with Crippen LogP contribution in [0.15, 0.2) is 46.8 Å². The van der Waals surface area contributed by atoms with Crippen molar-refractivity contribution in [3.05, 3.63) is 69.9 Å². The fourth-order valence-electron chi connectivity index (χ4n) is 2.85. The minimum absolute atomic E-state index is 0.526. The normalized spacial score (nSPS) is 15.1. The minimum atomic E-state index is 0.526. The van der Waals surface area contributed by atoms with E-state index in [-0.39, 0.29) is 0 Å². The van der Waals surface area contributed by atoms with E-state index in [4.69, 9.17) is 9.47 Å². The van der Waals surface area contributed by atoms with E-state index < -0.39 is 0 Å². The number of ether oxygens (including phenoxy) is 2. The van der Waals surface area contributed by atoms with Crippen LogP contribution in [0.1, 0.15) is 32.9 Å². The summed E-state index contributed by atoms with van der Waals surface area (Å²) in [7, 11) is 3.18. The van der Waals surface area contributed by atoms with Gasteiger partial charge in [0.05, 0.1) is 19.9 Å². The van der Waals surface area contributed by atoms with Gasteiger partial charge < -0.3 is 14.5 Å². The van der Waals surface area contributed by atoms with Crippen LogP contribution in [0.4, 0.5) is 0 Å². The molecule has 25 heavy (non-hydrogen) atoms. The van der Waals surface area contributed by atoms with Gasteiger partial charge in [0, 0.05) is 28.6 Å². The number of hydrogen-bond donors (Lipinski definition) is 1. The summed E-state index contributed by atoms with van der Waals surface area (Å²) in [4.78, 5) is 19.4. The third kappa shape index (κ3) is 3.26. The molecule has 0 saturated heterocycles. The SMILES string of the molecule is COC1=CC(c2ccc(OC)cc2C=O)=N/C1=C\c1[nH]c(C)cc1C. The molecule has 2 heterocycles. The molecule has 0 fully saturated rings. The molecule has 1 N–H and O–H groups in total. The fraction of sp³-hybridized carbons (Fsp3) is 0.200. The Labute approximate surface area is 146 Å². The number of carbonyl (C=O) groups excluding carboxylic acids is 1. The highest BCUT2D eigenvalue weighted by atomic mass is 16.5. The van der Waals surface area contributed by atoms with Crippen LogP contribution in [-0.4, -0.2) is 31.2 Å². The van der Waals surface area contributed by atoms with Crippen molar-refractivity contribution in [3.8, 4) is 5.75 Å². The van der Waals surface area contributed by atoms with Gasteiger partial charge in [0.2, 0.25) is 0 Å². The predicted octanol–water partition coefficient (Wildman–Crippen LogP) is 3.83. The van der Waals surface area contributed by atoms with Gasteiger partial charge in [-0.15, -0.1) is 0 Å². The second-order valence-corrected chi connectivity index (χ2v) is 5.86. The number of aromatic amines is 1. The zero-order valence-corrected chi connectivity index (χ0v) is 14.7. The Bertz CT molecular complexity index is 917. The molecule has 1 aliphatic heterocycles. The second-order valence-electron chi connectivity index (χ2n) is 5.86. The maximum Gasteiger partial charge on any atom is 0.150 e. The lowest BCUT2D eigenvalue weighted by molar-refractivity contribution is 0.112. The lowest BCUT2D eigenvalue weighted by atomic mass is 10.0. The van der Waals surface area contributed by atoms with E-state index in [9.17, 15) is 4.79 Å². The molecular formula is C20H20N2O3. The molecule has 0 radical (unpaired) electrons. The number of nitrogens with one attached hydrogen (secondary N) is 1. The number of carbonyl (C=O) groups is 1. The Hall–Kier alpha value is -3.08. The summed E-state index contributed by atoms with van der Waals surface area (Å²) in [6.45, 7) is 4.05. The first-order valence-corrected chi connectivity index (χ1v) is 7.92. The number of benzene rings is 1. The summed E-state index contributed by atoms with van der Waals surface area (Å²) >= 11 is 0. The summed E-state index contributed by atoms with van der Waals surface area (Å²) in [6, 6.07) is 7.42. The Morgan fingerprint density at radius 3 is 2.52 bits per heavy atom. The minimum Gasteiger partial charge on any atom is -0.497 e. The molecule has 5 nitrogen and oxygen atoms in total. The van der Waals surface area contributed by atoms with Crippen LogP contribution >= 0.6 is 0 Å². The van der Waals surface area contributed by atoms with Crippen LogP contribution in [0.5, 0.6) is 5.75 Å². The van der Waals surface area contributed by atoms with Gasteiger partial charge >= 0.3 is 0 Å². The molecule has 128 valence electrons. The van der Waals surface area contributed by atoms with Gasteiger partial charge in [-0.3, -0.25) is 4.79 Å². The lowest BCUT2D eigenvalue weighted by Crippen LogP contribution is -2.00. The molecule has 3 rings (SSSR count). The number of allylic oxidation sites excluding steroid dienone is 1. The molecule has 0 amide bonds. The van der Waals surface area contributed by atoms with Crippen LogP contribution < -0.4 is 4.74 Å². The number of H-pyrrole nitrogens is 1. The van der Waals surface area contributed by atoms with Gasteiger partial charge in [-0.2, -0.15) is 0 Å². The summed E-state index contributed by atoms with van der Waals surface area (Å²) in [5.41, 5.74) is 5.90. The standard InChI is InChI=1S/C20H20N2O3/c1-12-7-13(2)21-17(12)9-19-20(25-4)10-18(22-19)16-6-5-15(24-3)8-14(16)11-23/h5-11,21H,1-4H3/b19-9-. The van der Waals surface area contributed by atoms with E-state index in [0.717, 1.165) is 34.5 Å². The van der Waals surface area contributed by atoms with Crippen molar-refractivity contribution in [2.75, 3.05) is 14.2 Å². The van der Waals surface area contributed by atoms with Crippen molar-refractivity contribution in [1.82, 2.24) is 4.98 Å². The lowest BCUT2D eigenvalue weighted by Gasteiger charge is -2.05. The van der Waals surface area contributed by atoms with E-state index in [1.807, 2.05) is 38.1 Å². The maximum absolute atomic E-state index is 11.4. The molecule has 1 aromatic carbocycles. The molecule has 0 bridgehead atoms. The topological polar surface area (TPSA) is 63.7 Å². The summed E-state index contributed by atoms with van der Waals surface area (Å²) in [6.07, 6.45) is 4.60. The first-order chi connectivity index (χ1) is 12.0. The molecular weight excluding hydrogens is 316 g/mol. The van der Waals surface area contributed by atoms with Gasteiger partial charge in [0.15, 0.2) is 6.29 Å². The van der Waals surface area contributed by atoms with Gasteiger partial charge in [-0.25, -0.2) is 4.99 Å². The van der Waals surface area contributed by atoms with E-state index in [0.29, 0.717) is 22.8 Å². The summed E-state index contributed by atoms with van der Waals surface area (Å²) < 4.78 is 10.6. The number of methoxy groups -OCH3 is 2. The van der Waals surface area contributed by atoms with Gasteiger partial charge in [0.1, 0.15) is 17.2 Å². The Morgan fingerprint density at radius 1 is 1.12 bits per heavy atom. The molecule has 0 saturated carbocycles. The largest absolute Gasteiger partial charge is 0.497 e. The number of aryl methyl sites for hydroxylation is 2. The first-order valence-electron chi connectivity index (χ1n) is 7.92. The van der Waals surface area contributed by atoms with Crippen molar-refractivity contribution < 1.29 is 14.3 Å². The smallest absolute Gasteiger partial charge is 0.150 e. The highest BCUT2D eigenvalue weighted by Crippen LogP contribution is 2.28. The number of aldehydes is 1. The fourth-order valence-corrected chi connectivity index (χ4v) is 2.85. The van der Waals surface area contributed by atoms with Crippen molar-refractivity contribution in [2.24, 2.45) is 4.99 Å². The van der Waals surface area contributed by atoms with Crippen LogP contribution in [0, 0.1) is 13.8 Å². The Kier molecular flexibility index (Phi) is 4.57. The van der Waals surface area contributed by atoms with E-state index >= 15 is 0 Å². The van der Waals surface area contributed by atoms with E-state index in [1.165, 1.54) is 0 Å². The molecule has 0 unspecified atom stereocenters. The Balaban J connectivity index is 2.05. The van der Waals surface area contributed by atoms with Crippen molar-refractivity contribution in [3.63, 3.8) is 0 Å². The van der Waals surface area contributed by atoms with Crippen LogP contribution in [0.25, 0.3) is 6.08 Å². The van der Waals surface area contributed by atoms with Crippen LogP contribution in [-0.2, 0) is 4.74 Å². The van der Waals surface area contributed by atoms with Gasteiger partial charge in [0.25, 0.3) is 0 Å². The average molecular weight is 336 g/mol. The molecule has 1 aliphatic rings. The zero-order valence-electron chi connectivity index (χ0n) is 14.7. The van der Waals surface area contributed by atoms with Crippen molar-refractivity contribution >= 4 is 18.1 Å². The number of aromatic nitrogens is 1. The highest BCUT2D eigenvalue weighted by Gasteiger charge is 2.19. The predicted molar refractivity (Wildman–Crippen MR) is 98.3 cm³/mol. The van der Waals surface area contributed by atoms with Crippen molar-refractivity contribution in [1.29, 1.82) is 0 Å². The maximum atomic E-state index is 11.4. The molecule has 1 aromatic heterocycles. The third-order valence-electron chi connectivity index (χ3n) is 4.11. The van der Waals surface area contributed by atoms with Crippen molar-refractivity contribution in [2.45, 2.75) is 13.8 Å². The first kappa shape index (κ1) is 16.8. The number of hydrogen-bond acceptors (Lipinski definition) is 4. The molecule has 0 aliphatic carbocycles. The monoisotopic (exact) mass is 336 g/mol. The quantitative estimate of drug-likeness (QED) is 0.844. The van der Waals surface area contributed by atoms with E-state index in [2.05, 4.69) is 16.0 Å². The molecule has 0 atom stereocenters. The van der Waals surface area contributed by atoms with Crippen LogP contribution in [0.2, 0.25) is 0 Å². The zero-order chi connectivity index (χ0) is 18.0. The van der Waals surface area contributed by atoms with Crippen LogP contribution in [0.3, 0.4) is 0 Å². The summed E-state index contributed by atoms with van der Waals surface area (Å²) in [5.74, 6) is 1.29. The molecule has 2 aromatic rings. The second kappa shape index (κ2) is 6.81. The Morgan fingerprint density at radius 2 is 1.92 bits per heavy atom. The number of rotatable bonds is 5. The third-order valence-corrected chi connectivity index (χ3v) is 4.11. The van der Waals surface area contributed by atoms with E-state index in [1.54, 1.807) is 20.3 Å². The average Bonchev–Trinajstić information content (AvgIpc) is 3.16. The van der Waals surface area contributed by atoms with Gasteiger partial charge in [-0.1, -0.05) is 0 Å². The highest BCUT2D eigenvalue weighted by molar-refractivity contribution is 6.15.